The number of amides is 6. The van der Waals surface area contributed by atoms with Gasteiger partial charge in [-0.15, -0.1) is 0 Å². The van der Waals surface area contributed by atoms with Crippen LogP contribution in [0.4, 0.5) is 9.59 Å². The number of nitrogens with zero attached hydrogens (tertiary/aromatic N) is 2. The van der Waals surface area contributed by atoms with Gasteiger partial charge in [0.25, 0.3) is 0 Å². The van der Waals surface area contributed by atoms with Crippen LogP contribution in [0.3, 0.4) is 0 Å². The highest BCUT2D eigenvalue weighted by Crippen LogP contribution is 2.27. The molecule has 0 radical (unpaired) electrons. The number of carboxylic acid groups (broad SMARTS) is 1. The van der Waals surface area contributed by atoms with Crippen LogP contribution in [0.5, 0.6) is 0 Å². The Bertz CT molecular complexity index is 2880. The van der Waals surface area contributed by atoms with Crippen molar-refractivity contribution in [3.63, 3.8) is 0 Å². The molecular weight excluding hydrogens is 1060 g/mol. The van der Waals surface area contributed by atoms with Crippen molar-refractivity contribution in [2.45, 2.75) is 167 Å². The second kappa shape index (κ2) is 31.7. The second-order valence-corrected chi connectivity index (χ2v) is 22.4. The normalized spacial score (nSPS) is 15.2. The average molecular weight is 1150 g/mol. The number of ether oxygens (including phenoxy) is 3. The molecule has 4 aromatic carbocycles. The first-order chi connectivity index (χ1) is 39.4. The Balaban J connectivity index is 0.000000304. The fraction of sp³-hybridized carbons (Fsp3) is 0.460. The molecule has 0 fully saturated rings. The fourth-order valence-corrected chi connectivity index (χ4v) is 9.44. The van der Waals surface area contributed by atoms with Crippen LogP contribution in [0.15, 0.2) is 109 Å². The summed E-state index contributed by atoms with van der Waals surface area (Å²) < 4.78 is 15.3. The third kappa shape index (κ3) is 21.8. The first-order valence-electron chi connectivity index (χ1n) is 28.2. The molecule has 0 bridgehead atoms. The number of alkyl carbamates (subject to hydrolysis) is 2. The third-order valence-corrected chi connectivity index (χ3v) is 13.7. The number of fused-ring (bicyclic) bond motifs is 2. The van der Waals surface area contributed by atoms with E-state index in [1.165, 1.54) is 16.9 Å². The van der Waals surface area contributed by atoms with Crippen molar-refractivity contribution in [2.24, 2.45) is 0 Å². The van der Waals surface area contributed by atoms with Crippen LogP contribution in [0, 0.1) is 0 Å². The lowest BCUT2D eigenvalue weighted by atomic mass is 9.92. The second-order valence-electron chi connectivity index (χ2n) is 22.4. The molecular formula is C63H80N6O14. The van der Waals surface area contributed by atoms with E-state index >= 15 is 0 Å². The Kier molecular flexibility index (Phi) is 25.0. The Labute approximate surface area is 485 Å². The van der Waals surface area contributed by atoms with E-state index in [-0.39, 0.29) is 87.8 Å². The summed E-state index contributed by atoms with van der Waals surface area (Å²) in [7, 11) is 1.25. The molecule has 20 nitrogen and oxygen atoms in total. The molecule has 446 valence electrons. The standard InChI is InChI=1S/C32H41N3O7.C31H39N3O7/c1-32(2,3)42-31(40)33-19-11-10-16-25(30(39)41-4)34-29(38)26-20-23-14-8-9-15-24(23)21-35(26)28(37)18-17-27(36)22-12-6-5-7-13-22;1-31(2,3)41-30(40)32-18-10-9-15-24(29(38)39)33-28(37)25-19-22-13-7-8-14-23(22)20-34(25)27(36)17-16-26(35)21-11-5-4-6-12-21/h5-9,12-15,25-26H,10-11,16-21H2,1-4H3,(H,33,40)(H,34,38);4-8,11-14,24-25H,9-10,15-20H2,1-3H3,(H,32,40)(H,33,37)(H,38,39)/t25-,26-;24-,25-/m00/s1. The summed E-state index contributed by atoms with van der Waals surface area (Å²) in [6.45, 7) is 11.7. The van der Waals surface area contributed by atoms with E-state index in [1.807, 2.05) is 60.7 Å². The van der Waals surface area contributed by atoms with Crippen LogP contribution in [0.25, 0.3) is 0 Å². The maximum atomic E-state index is 13.6. The quantitative estimate of drug-likeness (QED) is 0.0194. The number of methoxy groups -OCH3 is 1. The van der Waals surface area contributed by atoms with E-state index in [1.54, 1.807) is 90.1 Å². The molecule has 2 heterocycles. The highest BCUT2D eigenvalue weighted by atomic mass is 16.6. The topological polar surface area (TPSA) is 273 Å². The van der Waals surface area contributed by atoms with Crippen molar-refractivity contribution < 1.29 is 67.3 Å². The number of carbonyl (C=O) groups excluding carboxylic acids is 9. The van der Waals surface area contributed by atoms with Gasteiger partial charge in [-0.1, -0.05) is 109 Å². The van der Waals surface area contributed by atoms with Crippen LogP contribution < -0.4 is 21.3 Å². The zero-order chi connectivity index (χ0) is 60.7. The molecule has 0 aliphatic carbocycles. The highest BCUT2D eigenvalue weighted by Gasteiger charge is 2.38. The van der Waals surface area contributed by atoms with E-state index in [4.69, 9.17) is 14.2 Å². The smallest absolute Gasteiger partial charge is 0.407 e. The van der Waals surface area contributed by atoms with Crippen molar-refractivity contribution >= 4 is 59.3 Å². The Hall–Kier alpha value is -8.42. The van der Waals surface area contributed by atoms with Gasteiger partial charge in [0.2, 0.25) is 23.6 Å². The largest absolute Gasteiger partial charge is 0.480 e. The van der Waals surface area contributed by atoms with Crippen molar-refractivity contribution in [3.05, 3.63) is 143 Å². The van der Waals surface area contributed by atoms with Gasteiger partial charge in [0.05, 0.1) is 7.11 Å². The van der Waals surface area contributed by atoms with Gasteiger partial charge >= 0.3 is 24.1 Å². The molecule has 6 amide bonds. The van der Waals surface area contributed by atoms with Gasteiger partial charge in [0.1, 0.15) is 35.4 Å². The zero-order valence-corrected chi connectivity index (χ0v) is 48.7. The minimum absolute atomic E-state index is 0.00438. The number of carbonyl (C=O) groups is 10. The number of nitrogens with one attached hydrogen (secondary N) is 4. The van der Waals surface area contributed by atoms with E-state index in [0.717, 1.165) is 22.3 Å². The predicted octanol–water partition coefficient (Wildman–Crippen LogP) is 7.82. The number of esters is 1. The molecule has 5 N–H and O–H groups in total. The van der Waals surface area contributed by atoms with Crippen molar-refractivity contribution in [3.8, 4) is 0 Å². The molecule has 0 unspecified atom stereocenters. The van der Waals surface area contributed by atoms with Crippen LogP contribution in [0.2, 0.25) is 0 Å². The summed E-state index contributed by atoms with van der Waals surface area (Å²) >= 11 is 0. The third-order valence-electron chi connectivity index (χ3n) is 13.7. The molecule has 4 atom stereocenters. The molecule has 4 aromatic rings. The molecule has 0 saturated heterocycles. The van der Waals surface area contributed by atoms with Crippen LogP contribution in [-0.4, -0.2) is 130 Å². The first kappa shape index (κ1) is 65.4. The predicted molar refractivity (Wildman–Crippen MR) is 309 cm³/mol. The van der Waals surface area contributed by atoms with Crippen LogP contribution in [0.1, 0.15) is 149 Å². The fourth-order valence-electron chi connectivity index (χ4n) is 9.44. The van der Waals surface area contributed by atoms with Crippen LogP contribution >= 0.6 is 0 Å². The Morgan fingerprint density at radius 2 is 0.867 bits per heavy atom. The molecule has 0 spiro atoms. The molecule has 0 saturated carbocycles. The molecule has 0 aromatic heterocycles. The number of unbranched alkanes of at least 4 members (excludes halogenated alkanes) is 2. The number of Topliss-reactive ketones (excluding diaryl/α,β-unsaturated/α-hetero) is 2. The van der Waals surface area contributed by atoms with Crippen molar-refractivity contribution in [1.29, 1.82) is 0 Å². The van der Waals surface area contributed by atoms with E-state index in [0.29, 0.717) is 49.9 Å². The average Bonchev–Trinajstić information content (AvgIpc) is 3.54. The van der Waals surface area contributed by atoms with E-state index < -0.39 is 71.3 Å². The Morgan fingerprint density at radius 3 is 1.24 bits per heavy atom. The summed E-state index contributed by atoms with van der Waals surface area (Å²) in [6.07, 6.45) is 1.84. The summed E-state index contributed by atoms with van der Waals surface area (Å²) in [6, 6.07) is 28.8. The molecule has 6 rings (SSSR count). The number of ketones is 2. The lowest BCUT2D eigenvalue weighted by molar-refractivity contribution is -0.147. The van der Waals surface area contributed by atoms with E-state index in [2.05, 4.69) is 21.3 Å². The Morgan fingerprint density at radius 1 is 0.506 bits per heavy atom. The number of hydrogen-bond acceptors (Lipinski definition) is 13. The van der Waals surface area contributed by atoms with Crippen molar-refractivity contribution in [1.82, 2.24) is 31.1 Å². The minimum Gasteiger partial charge on any atom is -0.480 e. The maximum absolute atomic E-state index is 13.6. The first-order valence-corrected chi connectivity index (χ1v) is 28.2. The summed E-state index contributed by atoms with van der Waals surface area (Å²) in [5.74, 6) is -3.75. The van der Waals surface area contributed by atoms with E-state index in [9.17, 15) is 53.1 Å². The maximum Gasteiger partial charge on any atom is 0.407 e. The SMILES string of the molecule is CC(C)(C)OC(=O)NCCCC[C@H](NC(=O)[C@@H]1Cc2ccccc2CN1C(=O)CCC(=O)c1ccccc1)C(=O)O.COC(=O)[C@H](CCCCNC(=O)OC(C)(C)C)NC(=O)[C@@H]1Cc2ccccc2CN1C(=O)CCC(=O)c1ccccc1. The monoisotopic (exact) mass is 1140 g/mol. The van der Waals surface area contributed by atoms with Gasteiger partial charge in [-0.05, 0) is 102 Å². The summed E-state index contributed by atoms with van der Waals surface area (Å²) in [5, 5.41) is 20.5. The van der Waals surface area contributed by atoms with Gasteiger partial charge < -0.3 is 50.4 Å². The molecule has 2 aliphatic rings. The lowest BCUT2D eigenvalue weighted by Gasteiger charge is -2.36. The number of aliphatic carboxylic acids is 1. The number of hydrogen-bond donors (Lipinski definition) is 5. The van der Waals surface area contributed by atoms with Gasteiger partial charge in [0, 0.05) is 75.8 Å². The molecule has 20 heteroatoms. The van der Waals surface area contributed by atoms with Gasteiger partial charge in [-0.25, -0.2) is 19.2 Å². The van der Waals surface area contributed by atoms with Gasteiger partial charge in [-0.3, -0.25) is 28.8 Å². The minimum atomic E-state index is -1.18. The number of rotatable bonds is 24. The number of benzene rings is 4. The number of carboxylic acids is 1. The summed E-state index contributed by atoms with van der Waals surface area (Å²) in [5.41, 5.74) is 3.54. The van der Waals surface area contributed by atoms with Gasteiger partial charge in [-0.2, -0.15) is 0 Å². The van der Waals surface area contributed by atoms with Crippen molar-refractivity contribution in [2.75, 3.05) is 20.2 Å². The molecule has 83 heavy (non-hydrogen) atoms. The highest BCUT2D eigenvalue weighted by molar-refractivity contribution is 5.99. The van der Waals surface area contributed by atoms with Crippen LogP contribution in [-0.2, 0) is 68.9 Å². The summed E-state index contributed by atoms with van der Waals surface area (Å²) in [4.78, 5) is 130. The lowest BCUT2D eigenvalue weighted by Crippen LogP contribution is -2.55. The van der Waals surface area contributed by atoms with Gasteiger partial charge in [0.15, 0.2) is 11.6 Å². The molecule has 2 aliphatic heterocycles. The zero-order valence-electron chi connectivity index (χ0n) is 48.7.